The van der Waals surface area contributed by atoms with Crippen LogP contribution in [0.15, 0.2) is 24.5 Å². The highest BCUT2D eigenvalue weighted by Crippen LogP contribution is 2.21. The summed E-state index contributed by atoms with van der Waals surface area (Å²) in [5.41, 5.74) is 0.332. The molecular weight excluding hydrogens is 228 g/mol. The maximum atomic E-state index is 11.0. The topological polar surface area (TPSA) is 62.2 Å². The van der Waals surface area contributed by atoms with E-state index in [9.17, 15) is 4.79 Å². The van der Waals surface area contributed by atoms with Crippen molar-refractivity contribution in [3.05, 3.63) is 30.1 Å². The van der Waals surface area contributed by atoms with Crippen LogP contribution in [0.5, 0.6) is 0 Å². The normalized spacial score (nSPS) is 12.4. The molecule has 0 radical (unpaired) electrons. The third kappa shape index (κ3) is 3.81. The number of rotatable bonds is 6. The number of hydrogen-bond acceptors (Lipinski definition) is 3. The van der Waals surface area contributed by atoms with E-state index in [1.54, 1.807) is 20.0 Å². The van der Waals surface area contributed by atoms with Crippen LogP contribution in [0.1, 0.15) is 33.3 Å². The first-order valence-electron chi connectivity index (χ1n) is 6.10. The summed E-state index contributed by atoms with van der Waals surface area (Å²) >= 11 is 0. The Morgan fingerprint density at radius 1 is 1.33 bits per heavy atom. The smallest absolute Gasteiger partial charge is 0.310 e. The highest BCUT2D eigenvalue weighted by atomic mass is 16.4. The number of carboxylic acids is 1. The Balaban J connectivity index is 2.56. The van der Waals surface area contributed by atoms with Crippen LogP contribution in [0, 0.1) is 5.41 Å². The summed E-state index contributed by atoms with van der Waals surface area (Å²) in [5.74, 6) is -0.783. The third-order valence-corrected chi connectivity index (χ3v) is 3.16. The third-order valence-electron chi connectivity index (χ3n) is 3.16. The van der Waals surface area contributed by atoms with E-state index >= 15 is 0 Å². The Morgan fingerprint density at radius 2 is 2.00 bits per heavy atom. The van der Waals surface area contributed by atoms with Gasteiger partial charge in [-0.3, -0.25) is 9.78 Å². The van der Waals surface area contributed by atoms with Gasteiger partial charge in [0, 0.05) is 30.9 Å². The minimum absolute atomic E-state index is 0.0666. The van der Waals surface area contributed by atoms with Gasteiger partial charge in [-0.05, 0) is 25.5 Å². The number of carboxylic acid groups (broad SMARTS) is 1. The Bertz CT molecular complexity index is 400. The summed E-state index contributed by atoms with van der Waals surface area (Å²) in [4.78, 5) is 15.1. The monoisotopic (exact) mass is 250 g/mol. The van der Waals surface area contributed by atoms with Crippen LogP contribution in [0.25, 0.3) is 0 Å². The molecule has 0 aliphatic carbocycles. The fourth-order valence-electron chi connectivity index (χ4n) is 1.63. The lowest BCUT2D eigenvalue weighted by Crippen LogP contribution is -2.41. The average molecular weight is 250 g/mol. The fraction of sp³-hybridized carbons (Fsp3) is 0.571. The van der Waals surface area contributed by atoms with E-state index in [2.05, 4.69) is 24.1 Å². The quantitative estimate of drug-likeness (QED) is 0.811. The fourth-order valence-corrected chi connectivity index (χ4v) is 1.63. The maximum absolute atomic E-state index is 11.0. The van der Waals surface area contributed by atoms with E-state index < -0.39 is 11.4 Å². The average Bonchev–Trinajstić information content (AvgIpc) is 2.29. The van der Waals surface area contributed by atoms with Gasteiger partial charge >= 0.3 is 5.97 Å². The molecule has 0 aliphatic heterocycles. The summed E-state index contributed by atoms with van der Waals surface area (Å²) in [5, 5.41) is 12.3. The second kappa shape index (κ2) is 5.48. The number of pyridine rings is 1. The molecule has 0 bridgehead atoms. The molecule has 0 atom stereocenters. The Labute approximate surface area is 108 Å². The van der Waals surface area contributed by atoms with Gasteiger partial charge in [-0.25, -0.2) is 0 Å². The van der Waals surface area contributed by atoms with Crippen LogP contribution in [-0.2, 0) is 10.2 Å². The van der Waals surface area contributed by atoms with Crippen LogP contribution in [-0.4, -0.2) is 29.1 Å². The number of hydrogen-bond donors (Lipinski definition) is 2. The molecule has 0 aromatic carbocycles. The van der Waals surface area contributed by atoms with Gasteiger partial charge < -0.3 is 10.4 Å². The number of nitrogens with zero attached hydrogens (tertiary/aromatic N) is 1. The lowest BCUT2D eigenvalue weighted by molar-refractivity contribution is -0.146. The molecule has 2 N–H and O–H groups in total. The van der Waals surface area contributed by atoms with Gasteiger partial charge in [0.25, 0.3) is 0 Å². The van der Waals surface area contributed by atoms with E-state index in [0.717, 1.165) is 12.1 Å². The molecule has 1 aromatic heterocycles. The first-order chi connectivity index (χ1) is 8.26. The molecule has 0 spiro atoms. The van der Waals surface area contributed by atoms with Crippen molar-refractivity contribution in [2.24, 2.45) is 5.41 Å². The first kappa shape index (κ1) is 14.6. The van der Waals surface area contributed by atoms with Crippen molar-refractivity contribution in [2.45, 2.75) is 33.1 Å². The molecule has 1 rings (SSSR count). The van der Waals surface area contributed by atoms with E-state index in [4.69, 9.17) is 5.11 Å². The van der Waals surface area contributed by atoms with Crippen LogP contribution in [0.4, 0.5) is 0 Å². The highest BCUT2D eigenvalue weighted by molar-refractivity contribution is 5.73. The van der Waals surface area contributed by atoms with Crippen molar-refractivity contribution in [1.82, 2.24) is 10.3 Å². The summed E-state index contributed by atoms with van der Waals surface area (Å²) in [7, 11) is 0. The molecule has 18 heavy (non-hydrogen) atoms. The summed E-state index contributed by atoms with van der Waals surface area (Å²) in [6.07, 6.45) is 3.60. The Kier molecular flexibility index (Phi) is 4.46. The molecule has 0 saturated heterocycles. The van der Waals surface area contributed by atoms with E-state index in [-0.39, 0.29) is 5.41 Å². The second-order valence-corrected chi connectivity index (χ2v) is 5.92. The van der Waals surface area contributed by atoms with E-state index in [1.807, 2.05) is 18.3 Å². The zero-order chi connectivity index (χ0) is 13.8. The molecule has 0 amide bonds. The lowest BCUT2D eigenvalue weighted by atomic mass is 9.85. The molecule has 1 aromatic rings. The summed E-state index contributed by atoms with van der Waals surface area (Å²) in [6.45, 7) is 8.84. The minimum atomic E-state index is -0.783. The molecule has 4 heteroatoms. The van der Waals surface area contributed by atoms with Gasteiger partial charge in [0.05, 0.1) is 5.41 Å². The van der Waals surface area contributed by atoms with Gasteiger partial charge in [-0.1, -0.05) is 19.9 Å². The zero-order valence-corrected chi connectivity index (χ0v) is 11.5. The lowest BCUT2D eigenvalue weighted by Gasteiger charge is -2.28. The van der Waals surface area contributed by atoms with Crippen molar-refractivity contribution in [3.8, 4) is 0 Å². The molecule has 100 valence electrons. The first-order valence-corrected chi connectivity index (χ1v) is 6.10. The molecule has 4 nitrogen and oxygen atoms in total. The minimum Gasteiger partial charge on any atom is -0.481 e. The van der Waals surface area contributed by atoms with Gasteiger partial charge in [0.15, 0.2) is 0 Å². The second-order valence-electron chi connectivity index (χ2n) is 5.92. The maximum Gasteiger partial charge on any atom is 0.310 e. The molecule has 0 fully saturated rings. The van der Waals surface area contributed by atoms with Gasteiger partial charge in [-0.2, -0.15) is 0 Å². The van der Waals surface area contributed by atoms with Crippen molar-refractivity contribution in [3.63, 3.8) is 0 Å². The number of aromatic nitrogens is 1. The standard InChI is InChI=1S/C14H22N2O2/c1-13(2,11-6-5-7-15-8-11)9-16-10-14(3,4)12(17)18/h5-8,16H,9-10H2,1-4H3,(H,17,18). The van der Waals surface area contributed by atoms with Crippen LogP contribution < -0.4 is 5.32 Å². The molecule has 0 saturated carbocycles. The summed E-state index contributed by atoms with van der Waals surface area (Å²) in [6, 6.07) is 3.95. The number of nitrogens with one attached hydrogen (secondary N) is 1. The molecule has 1 heterocycles. The van der Waals surface area contributed by atoms with Crippen molar-refractivity contribution in [2.75, 3.05) is 13.1 Å². The van der Waals surface area contributed by atoms with E-state index in [0.29, 0.717) is 6.54 Å². The predicted molar refractivity (Wildman–Crippen MR) is 71.5 cm³/mol. The summed E-state index contributed by atoms with van der Waals surface area (Å²) < 4.78 is 0. The molecule has 0 aliphatic rings. The van der Waals surface area contributed by atoms with Crippen molar-refractivity contribution < 1.29 is 9.90 Å². The van der Waals surface area contributed by atoms with Crippen LogP contribution >= 0.6 is 0 Å². The number of carbonyl (C=O) groups is 1. The van der Waals surface area contributed by atoms with Gasteiger partial charge in [0.1, 0.15) is 0 Å². The molecule has 0 unspecified atom stereocenters. The van der Waals surface area contributed by atoms with Crippen molar-refractivity contribution in [1.29, 1.82) is 0 Å². The Hall–Kier alpha value is -1.42. The van der Waals surface area contributed by atoms with Crippen LogP contribution in [0.3, 0.4) is 0 Å². The zero-order valence-electron chi connectivity index (χ0n) is 11.5. The largest absolute Gasteiger partial charge is 0.481 e. The number of aliphatic carboxylic acids is 1. The SMILES string of the molecule is CC(C)(CNCC(C)(C)c1cccnc1)C(=O)O. The van der Waals surface area contributed by atoms with Crippen molar-refractivity contribution >= 4 is 5.97 Å². The highest BCUT2D eigenvalue weighted by Gasteiger charge is 2.28. The Morgan fingerprint density at radius 3 is 2.50 bits per heavy atom. The van der Waals surface area contributed by atoms with Crippen LogP contribution in [0.2, 0.25) is 0 Å². The molecular formula is C14H22N2O2. The van der Waals surface area contributed by atoms with Gasteiger partial charge in [0.2, 0.25) is 0 Å². The van der Waals surface area contributed by atoms with E-state index in [1.165, 1.54) is 0 Å². The predicted octanol–water partition coefficient (Wildman–Crippen LogP) is 2.06. The van der Waals surface area contributed by atoms with Gasteiger partial charge in [-0.15, -0.1) is 0 Å².